The molecule has 1 heterocycles. The first-order valence-corrected chi connectivity index (χ1v) is 8.36. The lowest BCUT2D eigenvalue weighted by atomic mass is 9.98. The van der Waals surface area contributed by atoms with E-state index in [1.165, 1.54) is 0 Å². The highest BCUT2D eigenvalue weighted by Gasteiger charge is 2.19. The number of aliphatic carboxylic acids is 1. The van der Waals surface area contributed by atoms with E-state index in [1.54, 1.807) is 36.7 Å². The molecule has 138 valence electrons. The van der Waals surface area contributed by atoms with Crippen molar-refractivity contribution >= 4 is 28.3 Å². The zero-order valence-electron chi connectivity index (χ0n) is 14.5. The number of carbonyl (C=O) groups excluding carboxylic acids is 1. The lowest BCUT2D eigenvalue weighted by Crippen LogP contribution is -2.27. The fourth-order valence-corrected chi connectivity index (χ4v) is 2.73. The van der Waals surface area contributed by atoms with Crippen LogP contribution in [0.4, 0.5) is 5.69 Å². The van der Waals surface area contributed by atoms with Gasteiger partial charge in [0.25, 0.3) is 0 Å². The standard InChI is InChI=1S/C20H19N3O4/c21-10-18(13-2-5-17(6-3-13)27-12-19(24)25)20(26)23-16-4-1-15-11-22-8-7-14(15)9-16/h1-9,11,18H,10,12,21H2,(H,23,26)(H,24,25). The summed E-state index contributed by atoms with van der Waals surface area (Å²) >= 11 is 0. The highest BCUT2D eigenvalue weighted by molar-refractivity contribution is 5.98. The number of hydrogen-bond acceptors (Lipinski definition) is 5. The maximum absolute atomic E-state index is 12.7. The van der Waals surface area contributed by atoms with Gasteiger partial charge in [-0.3, -0.25) is 9.78 Å². The summed E-state index contributed by atoms with van der Waals surface area (Å²) in [7, 11) is 0. The van der Waals surface area contributed by atoms with Gasteiger partial charge in [-0.2, -0.15) is 0 Å². The Bertz CT molecular complexity index is 957. The number of amides is 1. The smallest absolute Gasteiger partial charge is 0.341 e. The highest BCUT2D eigenvalue weighted by atomic mass is 16.5. The van der Waals surface area contributed by atoms with E-state index in [0.717, 1.165) is 16.3 Å². The Hall–Kier alpha value is -3.45. The number of hydrogen-bond donors (Lipinski definition) is 3. The predicted octanol–water partition coefficient (Wildman–Crippen LogP) is 2.38. The first-order valence-electron chi connectivity index (χ1n) is 8.36. The molecule has 0 aliphatic rings. The lowest BCUT2D eigenvalue weighted by Gasteiger charge is -2.16. The topological polar surface area (TPSA) is 115 Å². The molecule has 0 aliphatic carbocycles. The van der Waals surface area contributed by atoms with Gasteiger partial charge in [0.15, 0.2) is 6.61 Å². The number of carboxylic acids is 1. The second-order valence-electron chi connectivity index (χ2n) is 5.97. The van der Waals surface area contributed by atoms with E-state index in [9.17, 15) is 9.59 Å². The number of nitrogens with zero attached hydrogens (tertiary/aromatic N) is 1. The van der Waals surface area contributed by atoms with Gasteiger partial charge in [0.2, 0.25) is 5.91 Å². The number of pyridine rings is 1. The Morgan fingerprint density at radius 3 is 2.59 bits per heavy atom. The van der Waals surface area contributed by atoms with E-state index >= 15 is 0 Å². The van der Waals surface area contributed by atoms with Crippen LogP contribution < -0.4 is 15.8 Å². The number of anilines is 1. The van der Waals surface area contributed by atoms with Crippen LogP contribution in [0, 0.1) is 0 Å². The molecular weight excluding hydrogens is 346 g/mol. The maximum atomic E-state index is 12.7. The van der Waals surface area contributed by atoms with Gasteiger partial charge in [-0.05, 0) is 41.3 Å². The number of carbonyl (C=O) groups is 2. The molecule has 7 nitrogen and oxygen atoms in total. The molecule has 7 heteroatoms. The quantitative estimate of drug-likeness (QED) is 0.592. The van der Waals surface area contributed by atoms with E-state index in [1.807, 2.05) is 24.3 Å². The van der Waals surface area contributed by atoms with Crippen LogP contribution in [0.3, 0.4) is 0 Å². The predicted molar refractivity (Wildman–Crippen MR) is 102 cm³/mol. The van der Waals surface area contributed by atoms with Gasteiger partial charge in [0.05, 0.1) is 5.92 Å². The normalized spacial score (nSPS) is 11.7. The Labute approximate surface area is 155 Å². The van der Waals surface area contributed by atoms with Crippen molar-refractivity contribution in [2.75, 3.05) is 18.5 Å². The van der Waals surface area contributed by atoms with Gasteiger partial charge in [-0.1, -0.05) is 18.2 Å². The Morgan fingerprint density at radius 1 is 1.11 bits per heavy atom. The number of nitrogens with two attached hydrogens (primary N) is 1. The summed E-state index contributed by atoms with van der Waals surface area (Å²) in [6.45, 7) is -0.281. The van der Waals surface area contributed by atoms with Gasteiger partial charge in [0, 0.05) is 30.0 Å². The monoisotopic (exact) mass is 365 g/mol. The van der Waals surface area contributed by atoms with Gasteiger partial charge < -0.3 is 20.9 Å². The fourth-order valence-electron chi connectivity index (χ4n) is 2.73. The molecule has 3 aromatic rings. The second-order valence-corrected chi connectivity index (χ2v) is 5.97. The van der Waals surface area contributed by atoms with E-state index in [4.69, 9.17) is 15.6 Å². The molecule has 3 rings (SSSR count). The molecule has 0 saturated heterocycles. The van der Waals surface area contributed by atoms with Gasteiger partial charge in [-0.15, -0.1) is 0 Å². The van der Waals surface area contributed by atoms with Crippen molar-refractivity contribution in [3.05, 3.63) is 66.5 Å². The minimum absolute atomic E-state index is 0.138. The van der Waals surface area contributed by atoms with Crippen LogP contribution in [0.1, 0.15) is 11.5 Å². The third kappa shape index (κ3) is 4.59. The molecule has 0 bridgehead atoms. The lowest BCUT2D eigenvalue weighted by molar-refractivity contribution is -0.139. The average Bonchev–Trinajstić information content (AvgIpc) is 2.68. The van der Waals surface area contributed by atoms with E-state index in [-0.39, 0.29) is 12.5 Å². The van der Waals surface area contributed by atoms with Crippen LogP contribution in [0.2, 0.25) is 0 Å². The molecule has 2 aromatic carbocycles. The van der Waals surface area contributed by atoms with Crippen LogP contribution in [-0.4, -0.2) is 35.1 Å². The number of aromatic nitrogens is 1. The molecule has 27 heavy (non-hydrogen) atoms. The largest absolute Gasteiger partial charge is 0.482 e. The first kappa shape index (κ1) is 18.3. The summed E-state index contributed by atoms with van der Waals surface area (Å²) in [5.74, 6) is -1.39. The molecule has 0 fully saturated rings. The zero-order valence-corrected chi connectivity index (χ0v) is 14.5. The highest BCUT2D eigenvalue weighted by Crippen LogP contribution is 2.23. The van der Waals surface area contributed by atoms with Crippen LogP contribution in [-0.2, 0) is 9.59 Å². The van der Waals surface area contributed by atoms with Gasteiger partial charge in [-0.25, -0.2) is 4.79 Å². The first-order chi connectivity index (χ1) is 13.1. The van der Waals surface area contributed by atoms with Crippen molar-refractivity contribution in [1.29, 1.82) is 0 Å². The molecule has 0 aliphatic heterocycles. The van der Waals surface area contributed by atoms with Crippen molar-refractivity contribution in [1.82, 2.24) is 4.98 Å². The van der Waals surface area contributed by atoms with Crippen molar-refractivity contribution in [3.8, 4) is 5.75 Å². The molecular formula is C20H19N3O4. The third-order valence-corrected chi connectivity index (χ3v) is 4.11. The van der Waals surface area contributed by atoms with Crippen molar-refractivity contribution in [2.24, 2.45) is 5.73 Å². The fraction of sp³-hybridized carbons (Fsp3) is 0.150. The number of fused-ring (bicyclic) bond motifs is 1. The van der Waals surface area contributed by atoms with Crippen molar-refractivity contribution in [3.63, 3.8) is 0 Å². The van der Waals surface area contributed by atoms with Gasteiger partial charge in [0.1, 0.15) is 5.75 Å². The van der Waals surface area contributed by atoms with E-state index in [2.05, 4.69) is 10.3 Å². The molecule has 4 N–H and O–H groups in total. The molecule has 0 radical (unpaired) electrons. The SMILES string of the molecule is NCC(C(=O)Nc1ccc2cnccc2c1)c1ccc(OCC(=O)O)cc1. The number of nitrogens with one attached hydrogen (secondary N) is 1. The van der Waals surface area contributed by atoms with Crippen LogP contribution in [0.15, 0.2) is 60.9 Å². The number of carboxylic acid groups (broad SMARTS) is 1. The molecule has 1 amide bonds. The minimum Gasteiger partial charge on any atom is -0.482 e. The summed E-state index contributed by atoms with van der Waals surface area (Å²) in [4.78, 5) is 27.3. The van der Waals surface area contributed by atoms with E-state index < -0.39 is 18.5 Å². The van der Waals surface area contributed by atoms with Crippen molar-refractivity contribution < 1.29 is 19.4 Å². The zero-order chi connectivity index (χ0) is 19.2. The summed E-state index contributed by atoms with van der Waals surface area (Å²) < 4.78 is 5.10. The molecule has 0 saturated carbocycles. The molecule has 1 atom stereocenters. The number of benzene rings is 2. The van der Waals surface area contributed by atoms with Crippen molar-refractivity contribution in [2.45, 2.75) is 5.92 Å². The summed E-state index contributed by atoms with van der Waals surface area (Å²) in [6, 6.07) is 14.1. The second kappa shape index (κ2) is 8.29. The summed E-state index contributed by atoms with van der Waals surface area (Å²) in [6.07, 6.45) is 3.46. The summed E-state index contributed by atoms with van der Waals surface area (Å²) in [5.41, 5.74) is 7.21. The Balaban J connectivity index is 1.72. The van der Waals surface area contributed by atoms with Crippen LogP contribution in [0.25, 0.3) is 10.8 Å². The Morgan fingerprint density at radius 2 is 1.89 bits per heavy atom. The van der Waals surface area contributed by atoms with Gasteiger partial charge >= 0.3 is 5.97 Å². The maximum Gasteiger partial charge on any atom is 0.341 e. The molecule has 0 spiro atoms. The summed E-state index contributed by atoms with van der Waals surface area (Å²) in [5, 5.41) is 13.5. The minimum atomic E-state index is -1.05. The average molecular weight is 365 g/mol. The molecule has 1 unspecified atom stereocenters. The van der Waals surface area contributed by atoms with Crippen LogP contribution in [0.5, 0.6) is 5.75 Å². The van der Waals surface area contributed by atoms with Crippen LogP contribution >= 0.6 is 0 Å². The third-order valence-electron chi connectivity index (χ3n) is 4.11. The molecule has 1 aromatic heterocycles. The van der Waals surface area contributed by atoms with E-state index in [0.29, 0.717) is 11.4 Å². The number of rotatable bonds is 7. The Kier molecular flexibility index (Phi) is 5.63. The number of ether oxygens (including phenoxy) is 1.